The van der Waals surface area contributed by atoms with Gasteiger partial charge in [-0.3, -0.25) is 4.79 Å². The monoisotopic (exact) mass is 196 g/mol. The fourth-order valence-corrected chi connectivity index (χ4v) is 1.54. The molecule has 0 radical (unpaired) electrons. The van der Waals surface area contributed by atoms with Crippen LogP contribution in [0.1, 0.15) is 65.7 Å². The summed E-state index contributed by atoms with van der Waals surface area (Å²) in [6, 6.07) is 0. The van der Waals surface area contributed by atoms with E-state index >= 15 is 0 Å². The Kier molecular flexibility index (Phi) is 8.61. The van der Waals surface area contributed by atoms with E-state index in [0.717, 1.165) is 24.8 Å². The molecule has 1 nitrogen and oxygen atoms in total. The van der Waals surface area contributed by atoms with E-state index in [0.29, 0.717) is 0 Å². The van der Waals surface area contributed by atoms with Crippen LogP contribution in [0.2, 0.25) is 0 Å². The van der Waals surface area contributed by atoms with Crippen LogP contribution in [-0.4, -0.2) is 5.78 Å². The van der Waals surface area contributed by atoms with E-state index < -0.39 is 0 Å². The van der Waals surface area contributed by atoms with Crippen molar-refractivity contribution in [2.45, 2.75) is 65.7 Å². The second-order valence-electron chi connectivity index (χ2n) is 3.88. The van der Waals surface area contributed by atoms with E-state index in [4.69, 9.17) is 0 Å². The van der Waals surface area contributed by atoms with Gasteiger partial charge < -0.3 is 0 Å². The maximum Gasteiger partial charge on any atom is 0.155 e. The molecule has 0 aromatic carbocycles. The predicted octanol–water partition coefficient (Wildman–Crippen LogP) is 4.27. The summed E-state index contributed by atoms with van der Waals surface area (Å²) in [4.78, 5) is 11.2. The fourth-order valence-electron chi connectivity index (χ4n) is 1.54. The summed E-state index contributed by atoms with van der Waals surface area (Å²) in [5.74, 6) is 0.252. The Morgan fingerprint density at radius 3 is 2.29 bits per heavy atom. The van der Waals surface area contributed by atoms with E-state index in [1.54, 1.807) is 6.92 Å². The number of allylic oxidation sites excluding steroid dienone is 2. The lowest BCUT2D eigenvalue weighted by Crippen LogP contribution is -1.96. The number of carbonyl (C=O) groups excluding carboxylic acids is 1. The highest BCUT2D eigenvalue weighted by Gasteiger charge is 2.00. The first kappa shape index (κ1) is 13.4. The molecule has 0 heterocycles. The van der Waals surface area contributed by atoms with Crippen molar-refractivity contribution in [3.63, 3.8) is 0 Å². The summed E-state index contributed by atoms with van der Waals surface area (Å²) in [6.45, 7) is 6.01. The first-order chi connectivity index (χ1) is 6.72. The minimum absolute atomic E-state index is 0.252. The van der Waals surface area contributed by atoms with Gasteiger partial charge in [0.2, 0.25) is 0 Å². The Balaban J connectivity index is 3.73. The summed E-state index contributed by atoms with van der Waals surface area (Å²) in [5.41, 5.74) is 1.03. The van der Waals surface area contributed by atoms with Crippen LogP contribution in [0.15, 0.2) is 11.6 Å². The Hall–Kier alpha value is -0.590. The molecule has 0 saturated carbocycles. The molecule has 82 valence electrons. The highest BCUT2D eigenvalue weighted by molar-refractivity contribution is 5.93. The number of hydrogen-bond acceptors (Lipinski definition) is 1. The summed E-state index contributed by atoms with van der Waals surface area (Å²) in [7, 11) is 0. The largest absolute Gasteiger partial charge is 0.295 e. The second-order valence-corrected chi connectivity index (χ2v) is 3.88. The summed E-state index contributed by atoms with van der Waals surface area (Å²) < 4.78 is 0. The number of unbranched alkanes of at least 4 members (excludes halogenated alkanes) is 4. The smallest absolute Gasteiger partial charge is 0.155 e. The van der Waals surface area contributed by atoms with Crippen molar-refractivity contribution in [1.29, 1.82) is 0 Å². The van der Waals surface area contributed by atoms with E-state index in [2.05, 4.69) is 19.9 Å². The van der Waals surface area contributed by atoms with Crippen molar-refractivity contribution in [2.24, 2.45) is 0 Å². The first-order valence-electron chi connectivity index (χ1n) is 5.92. The van der Waals surface area contributed by atoms with Gasteiger partial charge in [0.05, 0.1) is 0 Å². The second kappa shape index (κ2) is 8.98. The van der Waals surface area contributed by atoms with Gasteiger partial charge in [0.1, 0.15) is 0 Å². The van der Waals surface area contributed by atoms with E-state index in [-0.39, 0.29) is 5.78 Å². The quantitative estimate of drug-likeness (QED) is 0.418. The number of rotatable bonds is 8. The third-order valence-corrected chi connectivity index (χ3v) is 2.42. The van der Waals surface area contributed by atoms with Crippen LogP contribution >= 0.6 is 0 Å². The minimum atomic E-state index is 0.252. The molecule has 0 spiro atoms. The van der Waals surface area contributed by atoms with Gasteiger partial charge >= 0.3 is 0 Å². The van der Waals surface area contributed by atoms with Crippen molar-refractivity contribution >= 4 is 5.78 Å². The van der Waals surface area contributed by atoms with Crippen LogP contribution in [0.5, 0.6) is 0 Å². The topological polar surface area (TPSA) is 17.1 Å². The molecular formula is C13H24O. The highest BCUT2D eigenvalue weighted by atomic mass is 16.1. The van der Waals surface area contributed by atoms with Crippen molar-refractivity contribution < 1.29 is 4.79 Å². The zero-order valence-corrected chi connectivity index (χ0v) is 9.94. The molecule has 14 heavy (non-hydrogen) atoms. The van der Waals surface area contributed by atoms with Crippen molar-refractivity contribution in [1.82, 2.24) is 0 Å². The molecule has 0 aliphatic rings. The average Bonchev–Trinajstić information content (AvgIpc) is 2.15. The molecule has 0 atom stereocenters. The van der Waals surface area contributed by atoms with Crippen LogP contribution < -0.4 is 0 Å². The lowest BCUT2D eigenvalue weighted by atomic mass is 10.0. The molecule has 0 aliphatic heterocycles. The van der Waals surface area contributed by atoms with E-state index in [9.17, 15) is 4.79 Å². The SMILES string of the molecule is CCCCCCC=C(CCC)C(C)=O. The van der Waals surface area contributed by atoms with Gasteiger partial charge in [-0.1, -0.05) is 45.6 Å². The average molecular weight is 196 g/mol. The Labute approximate surface area is 88.6 Å². The first-order valence-corrected chi connectivity index (χ1v) is 5.92. The predicted molar refractivity (Wildman–Crippen MR) is 62.4 cm³/mol. The maximum absolute atomic E-state index is 11.2. The molecule has 0 unspecified atom stereocenters. The van der Waals surface area contributed by atoms with Gasteiger partial charge in [0.25, 0.3) is 0 Å². The Bertz CT molecular complexity index is 180. The molecule has 0 N–H and O–H groups in total. The number of hydrogen-bond donors (Lipinski definition) is 0. The summed E-state index contributed by atoms with van der Waals surface area (Å²) in [6.07, 6.45) is 10.4. The van der Waals surface area contributed by atoms with Crippen LogP contribution in [-0.2, 0) is 4.79 Å². The Morgan fingerprint density at radius 1 is 1.07 bits per heavy atom. The van der Waals surface area contributed by atoms with Crippen molar-refractivity contribution in [3.05, 3.63) is 11.6 Å². The van der Waals surface area contributed by atoms with Crippen LogP contribution in [0.4, 0.5) is 0 Å². The van der Waals surface area contributed by atoms with Gasteiger partial charge in [-0.2, -0.15) is 0 Å². The molecule has 0 bridgehead atoms. The third-order valence-electron chi connectivity index (χ3n) is 2.42. The number of Topliss-reactive ketones (excluding diaryl/α,β-unsaturated/α-hetero) is 1. The van der Waals surface area contributed by atoms with Crippen molar-refractivity contribution in [3.8, 4) is 0 Å². The Morgan fingerprint density at radius 2 is 1.79 bits per heavy atom. The van der Waals surface area contributed by atoms with Crippen molar-refractivity contribution in [2.75, 3.05) is 0 Å². The summed E-state index contributed by atoms with van der Waals surface area (Å²) in [5, 5.41) is 0. The normalized spacial score (nSPS) is 11.8. The third kappa shape index (κ3) is 6.88. The molecule has 1 heteroatoms. The fraction of sp³-hybridized carbons (Fsp3) is 0.769. The molecule has 0 aliphatic carbocycles. The molecule has 0 aromatic heterocycles. The van der Waals surface area contributed by atoms with Crippen LogP contribution in [0.25, 0.3) is 0 Å². The van der Waals surface area contributed by atoms with Gasteiger partial charge in [0, 0.05) is 0 Å². The van der Waals surface area contributed by atoms with Gasteiger partial charge in [-0.25, -0.2) is 0 Å². The molecule has 0 aromatic rings. The standard InChI is InChI=1S/C13H24O/c1-4-6-7-8-9-11-13(10-5-2)12(3)14/h11H,4-10H2,1-3H3. The lowest BCUT2D eigenvalue weighted by Gasteiger charge is -2.01. The lowest BCUT2D eigenvalue weighted by molar-refractivity contribution is -0.113. The minimum Gasteiger partial charge on any atom is -0.295 e. The maximum atomic E-state index is 11.2. The molecule has 0 saturated heterocycles. The van der Waals surface area contributed by atoms with E-state index in [1.807, 2.05) is 0 Å². The number of carbonyl (C=O) groups is 1. The molecule has 0 amide bonds. The molecule has 0 rings (SSSR count). The zero-order valence-electron chi connectivity index (χ0n) is 9.94. The molecular weight excluding hydrogens is 172 g/mol. The van der Waals surface area contributed by atoms with Gasteiger partial charge in [-0.05, 0) is 31.8 Å². The van der Waals surface area contributed by atoms with Gasteiger partial charge in [0.15, 0.2) is 5.78 Å². The number of ketones is 1. The van der Waals surface area contributed by atoms with Gasteiger partial charge in [-0.15, -0.1) is 0 Å². The van der Waals surface area contributed by atoms with Crippen LogP contribution in [0.3, 0.4) is 0 Å². The van der Waals surface area contributed by atoms with E-state index in [1.165, 1.54) is 25.7 Å². The zero-order chi connectivity index (χ0) is 10.8. The van der Waals surface area contributed by atoms with Crippen LogP contribution in [0, 0.1) is 0 Å². The summed E-state index contributed by atoms with van der Waals surface area (Å²) >= 11 is 0. The highest BCUT2D eigenvalue weighted by Crippen LogP contribution is 2.10. The molecule has 0 fully saturated rings.